The maximum atomic E-state index is 15.3. The molecule has 1 aliphatic rings. The lowest BCUT2D eigenvalue weighted by molar-refractivity contribution is 0.200. The number of nitrogens with one attached hydrogen (secondary N) is 1. The number of aliphatic hydroxyl groups excluding tert-OH is 1. The fourth-order valence-electron chi connectivity index (χ4n) is 3.86. The summed E-state index contributed by atoms with van der Waals surface area (Å²) in [6.45, 7) is 3.80. The number of aliphatic hydroxyl groups is 1. The van der Waals surface area contributed by atoms with Crippen LogP contribution in [-0.4, -0.2) is 24.8 Å². The van der Waals surface area contributed by atoms with Gasteiger partial charge in [0, 0.05) is 6.61 Å². The maximum absolute atomic E-state index is 15.3. The summed E-state index contributed by atoms with van der Waals surface area (Å²) in [6, 6.07) is 11.5. The fraction of sp³-hybridized carbons (Fsp3) is 0.455. The van der Waals surface area contributed by atoms with Crippen molar-refractivity contribution in [3.63, 3.8) is 0 Å². The number of hydrogen-bond acceptors (Lipinski definition) is 3. The number of benzene rings is 2. The Bertz CT molecular complexity index is 733. The van der Waals surface area contributed by atoms with E-state index in [1.165, 1.54) is 6.07 Å². The Balaban J connectivity index is 1.94. The molecular weight excluding hydrogens is 348 g/mol. The van der Waals surface area contributed by atoms with Gasteiger partial charge in [-0.25, -0.2) is 8.78 Å². The Labute approximate surface area is 159 Å². The quantitative estimate of drug-likeness (QED) is 0.726. The summed E-state index contributed by atoms with van der Waals surface area (Å²) in [6.07, 6.45) is 2.54. The molecule has 1 aliphatic heterocycles. The van der Waals surface area contributed by atoms with Gasteiger partial charge in [0.15, 0.2) is 17.4 Å². The van der Waals surface area contributed by atoms with Crippen LogP contribution in [0.25, 0.3) is 0 Å². The van der Waals surface area contributed by atoms with Crippen LogP contribution in [-0.2, 0) is 0 Å². The van der Waals surface area contributed by atoms with Crippen molar-refractivity contribution in [1.29, 1.82) is 0 Å². The second-order valence-corrected chi connectivity index (χ2v) is 7.41. The van der Waals surface area contributed by atoms with Crippen LogP contribution in [0.2, 0.25) is 0 Å². The van der Waals surface area contributed by atoms with Crippen molar-refractivity contribution in [3.8, 4) is 11.5 Å². The van der Waals surface area contributed by atoms with Crippen LogP contribution in [0.15, 0.2) is 42.5 Å². The normalized spacial score (nSPS) is 17.5. The molecule has 0 aliphatic carbocycles. The highest BCUT2D eigenvalue weighted by molar-refractivity contribution is 5.38. The number of para-hydroxylation sites is 1. The van der Waals surface area contributed by atoms with E-state index < -0.39 is 11.6 Å². The molecule has 0 amide bonds. The van der Waals surface area contributed by atoms with Crippen molar-refractivity contribution < 1.29 is 18.6 Å². The van der Waals surface area contributed by atoms with E-state index in [9.17, 15) is 9.50 Å². The Morgan fingerprint density at radius 2 is 1.81 bits per heavy atom. The Kier molecular flexibility index (Phi) is 6.80. The average Bonchev–Trinajstić information content (AvgIpc) is 2.71. The van der Waals surface area contributed by atoms with Crippen LogP contribution < -0.4 is 10.1 Å². The van der Waals surface area contributed by atoms with Crippen molar-refractivity contribution in [2.45, 2.75) is 32.1 Å². The van der Waals surface area contributed by atoms with E-state index in [1.54, 1.807) is 30.3 Å². The minimum Gasteiger partial charge on any atom is -0.451 e. The second-order valence-electron chi connectivity index (χ2n) is 7.41. The molecule has 27 heavy (non-hydrogen) atoms. The molecule has 3 rings (SSSR count). The van der Waals surface area contributed by atoms with E-state index in [-0.39, 0.29) is 24.2 Å². The van der Waals surface area contributed by atoms with Gasteiger partial charge in [0.2, 0.25) is 0 Å². The Hall–Kier alpha value is -1.98. The molecule has 5 heteroatoms. The van der Waals surface area contributed by atoms with Gasteiger partial charge in [-0.1, -0.05) is 31.2 Å². The highest BCUT2D eigenvalue weighted by Gasteiger charge is 2.30. The van der Waals surface area contributed by atoms with E-state index in [0.717, 1.165) is 25.9 Å². The first-order chi connectivity index (χ1) is 13.1. The molecular formula is C22H27F2NO2. The van der Waals surface area contributed by atoms with Gasteiger partial charge in [-0.3, -0.25) is 0 Å². The molecule has 0 bridgehead atoms. The van der Waals surface area contributed by atoms with Crippen LogP contribution in [0.1, 0.15) is 37.7 Å². The Morgan fingerprint density at radius 1 is 1.11 bits per heavy atom. The zero-order valence-corrected chi connectivity index (χ0v) is 15.6. The zero-order valence-electron chi connectivity index (χ0n) is 15.6. The van der Waals surface area contributed by atoms with Crippen LogP contribution in [0.3, 0.4) is 0 Å². The second kappa shape index (κ2) is 9.29. The molecule has 0 saturated carbocycles. The lowest BCUT2D eigenvalue weighted by Gasteiger charge is -2.33. The van der Waals surface area contributed by atoms with Gasteiger partial charge in [-0.15, -0.1) is 0 Å². The number of hydrogen-bond donors (Lipinski definition) is 2. The zero-order chi connectivity index (χ0) is 19.2. The van der Waals surface area contributed by atoms with Crippen LogP contribution in [0.4, 0.5) is 8.78 Å². The maximum Gasteiger partial charge on any atom is 0.198 e. The summed E-state index contributed by atoms with van der Waals surface area (Å²) in [5.41, 5.74) is 0.481. The van der Waals surface area contributed by atoms with Crippen molar-refractivity contribution in [1.82, 2.24) is 5.32 Å². The third kappa shape index (κ3) is 4.85. The molecule has 3 nitrogen and oxygen atoms in total. The summed E-state index contributed by atoms with van der Waals surface area (Å²) < 4.78 is 35.2. The molecule has 2 aromatic carbocycles. The smallest absolute Gasteiger partial charge is 0.198 e. The molecule has 0 aromatic heterocycles. The standard InChI is InChI=1S/C22H27F2NO2/c1-15(14-26)13-19(16-9-11-25-12-10-16)18-7-8-20(23)22(21(18)24)27-17-5-3-2-4-6-17/h2-8,15-16,19,25-26H,9-14H2,1H3. The lowest BCUT2D eigenvalue weighted by atomic mass is 9.76. The highest BCUT2D eigenvalue weighted by atomic mass is 19.1. The molecule has 2 unspecified atom stereocenters. The molecule has 2 aromatic rings. The van der Waals surface area contributed by atoms with Crippen molar-refractivity contribution in [2.75, 3.05) is 19.7 Å². The molecule has 146 valence electrons. The molecule has 2 N–H and O–H groups in total. The van der Waals surface area contributed by atoms with E-state index in [0.29, 0.717) is 23.7 Å². The van der Waals surface area contributed by atoms with Crippen LogP contribution >= 0.6 is 0 Å². The minimum absolute atomic E-state index is 0.0489. The largest absolute Gasteiger partial charge is 0.451 e. The van der Waals surface area contributed by atoms with E-state index in [4.69, 9.17) is 4.74 Å². The molecule has 0 spiro atoms. The Morgan fingerprint density at radius 3 is 2.48 bits per heavy atom. The first kappa shape index (κ1) is 19.8. The van der Waals surface area contributed by atoms with Gasteiger partial charge in [0.25, 0.3) is 0 Å². The van der Waals surface area contributed by atoms with Gasteiger partial charge in [-0.05, 0) is 73.9 Å². The first-order valence-electron chi connectivity index (χ1n) is 9.62. The SMILES string of the molecule is CC(CO)CC(c1ccc(F)c(Oc2ccccc2)c1F)C1CCNCC1. The third-order valence-corrected chi connectivity index (χ3v) is 5.36. The summed E-state index contributed by atoms with van der Waals surface area (Å²) >= 11 is 0. The molecule has 1 heterocycles. The van der Waals surface area contributed by atoms with Gasteiger partial charge >= 0.3 is 0 Å². The first-order valence-corrected chi connectivity index (χ1v) is 9.62. The van der Waals surface area contributed by atoms with Crippen LogP contribution in [0.5, 0.6) is 11.5 Å². The van der Waals surface area contributed by atoms with Gasteiger partial charge in [0.05, 0.1) is 0 Å². The molecule has 1 fully saturated rings. The summed E-state index contributed by atoms with van der Waals surface area (Å²) in [5.74, 6) is -1.03. The molecule has 1 saturated heterocycles. The van der Waals surface area contributed by atoms with E-state index in [1.807, 2.05) is 13.0 Å². The predicted octanol–water partition coefficient (Wildman–Crippen LogP) is 4.86. The van der Waals surface area contributed by atoms with Crippen molar-refractivity contribution >= 4 is 0 Å². The van der Waals surface area contributed by atoms with Gasteiger partial charge in [0.1, 0.15) is 5.75 Å². The number of piperidine rings is 1. The number of halogens is 2. The highest BCUT2D eigenvalue weighted by Crippen LogP contribution is 2.40. The predicted molar refractivity (Wildman–Crippen MR) is 102 cm³/mol. The summed E-state index contributed by atoms with van der Waals surface area (Å²) in [7, 11) is 0. The summed E-state index contributed by atoms with van der Waals surface area (Å²) in [5, 5.41) is 12.8. The van der Waals surface area contributed by atoms with Crippen molar-refractivity contribution in [2.24, 2.45) is 11.8 Å². The van der Waals surface area contributed by atoms with Crippen molar-refractivity contribution in [3.05, 3.63) is 59.7 Å². The van der Waals surface area contributed by atoms with E-state index in [2.05, 4.69) is 5.32 Å². The van der Waals surface area contributed by atoms with Gasteiger partial charge in [-0.2, -0.15) is 0 Å². The van der Waals surface area contributed by atoms with Gasteiger partial charge < -0.3 is 15.2 Å². The van der Waals surface area contributed by atoms with Crippen LogP contribution in [0, 0.1) is 23.5 Å². The number of rotatable bonds is 7. The third-order valence-electron chi connectivity index (χ3n) is 5.36. The lowest BCUT2D eigenvalue weighted by Crippen LogP contribution is -2.32. The topological polar surface area (TPSA) is 41.5 Å². The summed E-state index contributed by atoms with van der Waals surface area (Å²) in [4.78, 5) is 0. The monoisotopic (exact) mass is 375 g/mol. The molecule has 0 radical (unpaired) electrons. The molecule has 2 atom stereocenters. The average molecular weight is 375 g/mol. The fourth-order valence-corrected chi connectivity index (χ4v) is 3.86. The van der Waals surface area contributed by atoms with E-state index >= 15 is 4.39 Å². The minimum atomic E-state index is -0.709. The number of ether oxygens (including phenoxy) is 1.